The largest absolute Gasteiger partial charge is 0.394 e. The van der Waals surface area contributed by atoms with Crippen molar-refractivity contribution in [1.29, 1.82) is 0 Å². The molecule has 62 nitrogen and oxygen atoms in total. The maximum absolute atomic E-state index is 14.2. The number of halogens is 1. The second-order valence-corrected chi connectivity index (χ2v) is 40.2. The fourth-order valence-corrected chi connectivity index (χ4v) is 20.5. The third-order valence-corrected chi connectivity index (χ3v) is 30.0. The van der Waals surface area contributed by atoms with Gasteiger partial charge in [0.25, 0.3) is 0 Å². The van der Waals surface area contributed by atoms with Crippen LogP contribution >= 0.6 is 0 Å². The van der Waals surface area contributed by atoms with Gasteiger partial charge in [-0.1, -0.05) is 20.8 Å². The summed E-state index contributed by atoms with van der Waals surface area (Å²) < 4.78 is 119. The molecule has 63 atom stereocenters. The first-order valence-corrected chi connectivity index (χ1v) is 50.3. The molecule has 876 valence electrons. The highest BCUT2D eigenvalue weighted by atomic mass is 19.1. The Morgan fingerprint density at radius 2 is 0.433 bits per heavy atom. The highest BCUT2D eigenvalue weighted by Gasteiger charge is 2.62. The molecule has 0 aromatic heterocycles. The molecule has 3 aliphatic carbocycles. The van der Waals surface area contributed by atoms with Gasteiger partial charge in [0.05, 0.1) is 86.6 Å². The molecular formula is C87H164FN15O47. The van der Waals surface area contributed by atoms with Gasteiger partial charge < -0.3 is 304 Å². The number of ketones is 3. The van der Waals surface area contributed by atoms with E-state index >= 15 is 0 Å². The summed E-state index contributed by atoms with van der Waals surface area (Å²) >= 11 is 0. The van der Waals surface area contributed by atoms with Crippen molar-refractivity contribution in [3.8, 4) is 0 Å². The van der Waals surface area contributed by atoms with E-state index in [9.17, 15) is 152 Å². The van der Waals surface area contributed by atoms with Crippen molar-refractivity contribution in [3.63, 3.8) is 0 Å². The molecule has 9 aliphatic heterocycles. The maximum atomic E-state index is 14.2. The topological polar surface area (TPSA) is 1130 Å². The molecule has 0 radical (unpaired) electrons. The number of hydrogen-bond acceptors (Lipinski definition) is 62. The highest BCUT2D eigenvalue weighted by molar-refractivity contribution is 5.84. The van der Waals surface area contributed by atoms with Crippen LogP contribution in [0, 0.1) is 17.8 Å². The van der Waals surface area contributed by atoms with Gasteiger partial charge >= 0.3 is 0 Å². The quantitative estimate of drug-likeness (QED) is 0.0270. The van der Waals surface area contributed by atoms with Crippen molar-refractivity contribution in [3.05, 3.63) is 0 Å². The first-order chi connectivity index (χ1) is 70.8. The normalized spacial score (nSPS) is 48.3. The van der Waals surface area contributed by atoms with Gasteiger partial charge in [-0.2, -0.15) is 0 Å². The van der Waals surface area contributed by atoms with Crippen molar-refractivity contribution in [2.24, 2.45) is 104 Å². The zero-order valence-electron chi connectivity index (χ0n) is 82.8. The summed E-state index contributed by atoms with van der Waals surface area (Å²) in [7, 11) is 0. The van der Waals surface area contributed by atoms with E-state index in [1.807, 2.05) is 0 Å². The number of rotatable bonds is 42. The monoisotopic (exact) mass is 2190 g/mol. The van der Waals surface area contributed by atoms with E-state index < -0.39 is 442 Å². The van der Waals surface area contributed by atoms with Crippen molar-refractivity contribution in [2.75, 3.05) is 59.1 Å². The van der Waals surface area contributed by atoms with Crippen LogP contribution in [0.5, 0.6) is 0 Å². The summed E-state index contributed by atoms with van der Waals surface area (Å²) in [6.45, 7) is 1.11. The van der Waals surface area contributed by atoms with E-state index in [4.69, 9.17) is 171 Å². The highest BCUT2D eigenvalue weighted by Crippen LogP contribution is 2.44. The first-order valence-electron chi connectivity index (χ1n) is 50.3. The lowest BCUT2D eigenvalue weighted by molar-refractivity contribution is -0.309. The molecular weight excluding hydrogens is 2030 g/mol. The average molecular weight is 2190 g/mol. The van der Waals surface area contributed by atoms with Crippen LogP contribution in [0.2, 0.25) is 0 Å². The van der Waals surface area contributed by atoms with Gasteiger partial charge in [-0.25, -0.2) is 4.39 Å². The molecule has 63 heteroatoms. The SMILES string of the molecule is CC[C@@H](F)[C@H](O)C(=O)C[C@@H]1C[C@H](N)[C@@H](O[C@H]2O[C@H](CN)[C@@H](O)[C@@H](O)[C@H]2N)[C@H](O[C@@H]2O[C@H](CO)[C@@H](O[C@H]3O[C@@H](CN)[C@@H](O)[C@H](O)[C@H]3N)[C@H]2O)[C@H]1O.CC[C@@H](O)[C@H](O)C(=O)C[C@@H]1C[C@H](N)[C@@H](O[C@H]2O[C@H](CN)[C@@H](O)[C@@H](O)[C@H]2N)[C@H](O[C@@H]2O[C@H](CO)[C@@H](O[C@H]3O[C@@H](CN)[C@@H](O)[C@H](O)[C@H]3N)[C@H]2O)[C@H]1O.CC[C@H](O)[C@H](O)C(=O)C[C@@H]1C[C@H](N)[C@@H](O[C@H]2O[C@H](CN)[C@@H](O)[C@@H](O)[C@H]2N)[C@H](O[C@@H]2O[C@H](CO)[C@@H](O[C@H]3O[C@@H](CN)[C@@H](O)[C@H](O)[C@H]3N)[C@H]2O)[C@H]1O. The molecule has 12 aliphatic rings. The molecule has 0 aromatic rings. The average Bonchev–Trinajstić information content (AvgIpc) is 1.51. The minimum Gasteiger partial charge on any atom is -0.394 e. The van der Waals surface area contributed by atoms with Gasteiger partial charge in [0, 0.05) is 76.7 Å². The van der Waals surface area contributed by atoms with E-state index in [1.165, 1.54) is 6.92 Å². The fraction of sp³-hybridized carbons (Fsp3) is 0.966. The zero-order valence-corrected chi connectivity index (χ0v) is 82.8. The van der Waals surface area contributed by atoms with Gasteiger partial charge in [-0.05, 0) is 56.3 Å². The molecule has 150 heavy (non-hydrogen) atoms. The van der Waals surface area contributed by atoms with Gasteiger partial charge in [-0.3, -0.25) is 14.4 Å². The van der Waals surface area contributed by atoms with E-state index in [0.29, 0.717) is 0 Å². The van der Waals surface area contributed by atoms with E-state index in [-0.39, 0.29) is 77.8 Å². The second-order valence-electron chi connectivity index (χ2n) is 40.2. The Morgan fingerprint density at radius 3 is 0.613 bits per heavy atom. The lowest BCUT2D eigenvalue weighted by atomic mass is 9.76. The predicted molar refractivity (Wildman–Crippen MR) is 496 cm³/mol. The van der Waals surface area contributed by atoms with Crippen LogP contribution in [0.15, 0.2) is 0 Å². The molecule has 12 rings (SSSR count). The molecule has 3 saturated carbocycles. The van der Waals surface area contributed by atoms with Gasteiger partial charge in [-0.15, -0.1) is 0 Å². The Bertz CT molecular complexity index is 3650. The Labute approximate surface area is 860 Å². The number of hydrogen-bond donors (Lipinski definition) is 41. The summed E-state index contributed by atoms with van der Waals surface area (Å²) in [6, 6.07) is -11.1. The van der Waals surface area contributed by atoms with Crippen molar-refractivity contribution >= 4 is 17.3 Å². The number of carbonyl (C=O) groups excluding carboxylic acids is 3. The zero-order chi connectivity index (χ0) is 112. The molecule has 0 unspecified atom stereocenters. The van der Waals surface area contributed by atoms with Crippen LogP contribution in [0.1, 0.15) is 78.6 Å². The number of aliphatic hydroxyl groups is 26. The van der Waals surface area contributed by atoms with E-state index in [0.717, 1.165) is 0 Å². The third-order valence-electron chi connectivity index (χ3n) is 30.0. The molecule has 0 aromatic carbocycles. The summed E-state index contributed by atoms with van der Waals surface area (Å²) in [5.74, 6) is -5.41. The number of aliphatic hydroxyl groups excluding tert-OH is 26. The minimum absolute atomic E-state index is 0.0771. The number of carbonyl (C=O) groups is 3. The van der Waals surface area contributed by atoms with Crippen molar-refractivity contribution in [2.45, 2.75) is 446 Å². The standard InChI is InChI=1S/C29H54FN5O15.2C29H55N5O16/c1-2-9(30)18(39)11(37)4-8-3-10(33)24(48-27-15(34)21(42)19(40)12(5-31)45-27)26(17(8)38)50-29-23(44)25(14(7-36)47-29)49-28-16(35)22(43)20(41)13(6-32)46-28;2*1-2-10(36)18(39)11(37)4-8-3-9(32)24(48-27-15(33)21(42)19(40)12(5-30)45-27)26(17(8)38)50-29-23(44)25(14(7-35)47-29)49-28-16(34)22(43)20(41)13(6-31)46-28/h8-10,12-29,36,38-44H,2-7,31-35H2,1H3;2*8-10,12-29,35-36,38-44H,2-7,30-34H2,1H3/t8-,9+,10-,12+,13-,14+,15+,16+,17-,18-,19+,20+,21-,22+,23+,24+,25+,26+,27+,28+,29-;8-,9-,10+,12+,13-,14+,15+,16+,17-,18-,19+,20+,21-,22+,23+,24+,25+,26+,27+,28+,29-;8-,9-,10-,12+,13-,14+,15+,16+,17-,18-,19+,20+,21-,22+,23+,24+,25+,26+,27+,28+,29-/m000/s1. The van der Waals surface area contributed by atoms with Crippen molar-refractivity contribution in [1.82, 2.24) is 0 Å². The maximum Gasteiger partial charge on any atom is 0.187 e. The predicted octanol–water partition coefficient (Wildman–Crippen LogP) is -24.6. The van der Waals surface area contributed by atoms with Crippen LogP contribution in [0.25, 0.3) is 0 Å². The minimum atomic E-state index is -1.96. The molecule has 56 N–H and O–H groups in total. The van der Waals surface area contributed by atoms with Gasteiger partial charge in [0.2, 0.25) is 0 Å². The number of ether oxygens (including phenoxy) is 18. The van der Waals surface area contributed by atoms with Crippen LogP contribution in [-0.2, 0) is 99.6 Å². The summed E-state index contributed by atoms with van der Waals surface area (Å²) in [5.41, 5.74) is 89.8. The fourth-order valence-electron chi connectivity index (χ4n) is 20.5. The van der Waals surface area contributed by atoms with E-state index in [2.05, 4.69) is 0 Å². The lowest BCUT2D eigenvalue weighted by Gasteiger charge is -2.48. The van der Waals surface area contributed by atoms with Crippen LogP contribution < -0.4 is 86.0 Å². The third kappa shape index (κ3) is 29.0. The van der Waals surface area contributed by atoms with Crippen LogP contribution in [-0.4, -0.2) is 577 Å². The smallest absolute Gasteiger partial charge is 0.187 e. The molecule has 0 amide bonds. The Hall–Kier alpha value is -3.42. The Balaban J connectivity index is 0.000000230. The molecule has 12 fully saturated rings. The second kappa shape index (κ2) is 57.2. The van der Waals surface area contributed by atoms with Gasteiger partial charge in [0.15, 0.2) is 74.0 Å². The number of nitrogens with two attached hydrogens (primary N) is 15. The van der Waals surface area contributed by atoms with Crippen molar-refractivity contribution < 1.29 is 237 Å². The van der Waals surface area contributed by atoms with Crippen LogP contribution in [0.3, 0.4) is 0 Å². The summed E-state index contributed by atoms with van der Waals surface area (Å²) in [4.78, 5) is 38.5. The molecule has 9 heterocycles. The summed E-state index contributed by atoms with van der Waals surface area (Å²) in [5, 5.41) is 274. The number of alkyl halides is 1. The molecule has 0 bridgehead atoms. The molecule has 0 spiro atoms. The van der Waals surface area contributed by atoms with Crippen LogP contribution in [0.4, 0.5) is 4.39 Å². The first kappa shape index (κ1) is 128. The summed E-state index contributed by atoms with van der Waals surface area (Å²) in [6.07, 6.45) is -76.2. The lowest BCUT2D eigenvalue weighted by Crippen LogP contribution is -2.67. The molecule has 9 saturated heterocycles. The Morgan fingerprint density at radius 1 is 0.253 bits per heavy atom. The van der Waals surface area contributed by atoms with Gasteiger partial charge in [0.1, 0.15) is 226 Å². The van der Waals surface area contributed by atoms with E-state index in [1.54, 1.807) is 13.8 Å². The number of Topliss-reactive ketones (excluding diaryl/α,β-unsaturated/α-hetero) is 3. The Kier molecular flexibility index (Phi) is 49.0.